The molecule has 0 radical (unpaired) electrons. The van der Waals surface area contributed by atoms with Gasteiger partial charge >= 0.3 is 6.18 Å². The minimum absolute atomic E-state index is 0. The molecule has 18 heavy (non-hydrogen) atoms. The van der Waals surface area contributed by atoms with Crippen LogP contribution in [0.1, 0.15) is 11.6 Å². The summed E-state index contributed by atoms with van der Waals surface area (Å²) in [6, 6.07) is -0.136. The third-order valence-corrected chi connectivity index (χ3v) is 2.91. The molecule has 0 aromatic heterocycles. The number of alkyl halides is 3. The lowest BCUT2D eigenvalue weighted by molar-refractivity contribution is -0.210. The molecule has 0 unspecified atom stereocenters. The summed E-state index contributed by atoms with van der Waals surface area (Å²) in [5.74, 6) is -1.06. The standard InChI is InChI=1S/C9H7Cl2F4NO.ClH/c10-3-1-2-4(12)5(6(3)11)7(16)8(17)9(13,14)15;/h1-2,7-8,17H,16H2;1H/t7-,8-;/m1./s1. The first-order chi connectivity index (χ1) is 7.66. The third-order valence-electron chi connectivity index (χ3n) is 2.09. The zero-order chi connectivity index (χ0) is 13.4. The molecular formula is C9H8Cl3F4NO. The third kappa shape index (κ3) is 3.61. The maximum atomic E-state index is 13.3. The molecule has 0 aliphatic heterocycles. The van der Waals surface area contributed by atoms with Crippen molar-refractivity contribution in [3.05, 3.63) is 33.6 Å². The molecule has 0 aliphatic carbocycles. The average molecular weight is 329 g/mol. The summed E-state index contributed by atoms with van der Waals surface area (Å²) in [4.78, 5) is 0. The van der Waals surface area contributed by atoms with E-state index in [1.54, 1.807) is 0 Å². The summed E-state index contributed by atoms with van der Waals surface area (Å²) in [7, 11) is 0. The first kappa shape index (κ1) is 17.7. The summed E-state index contributed by atoms with van der Waals surface area (Å²) < 4.78 is 50.0. The second-order valence-electron chi connectivity index (χ2n) is 3.27. The Bertz CT molecular complexity index is 427. The van der Waals surface area contributed by atoms with E-state index in [0.29, 0.717) is 0 Å². The maximum Gasteiger partial charge on any atom is 0.416 e. The van der Waals surface area contributed by atoms with E-state index in [-0.39, 0.29) is 17.4 Å². The Morgan fingerprint density at radius 1 is 1.22 bits per heavy atom. The number of halogens is 7. The van der Waals surface area contributed by atoms with Gasteiger partial charge in [0.2, 0.25) is 0 Å². The van der Waals surface area contributed by atoms with Gasteiger partial charge in [-0.2, -0.15) is 13.2 Å². The topological polar surface area (TPSA) is 46.2 Å². The van der Waals surface area contributed by atoms with Crippen molar-refractivity contribution in [2.75, 3.05) is 0 Å². The second-order valence-corrected chi connectivity index (χ2v) is 4.05. The van der Waals surface area contributed by atoms with Gasteiger partial charge in [-0.15, -0.1) is 12.4 Å². The predicted octanol–water partition coefficient (Wildman–Crippen LogP) is 3.48. The number of rotatable bonds is 2. The number of aliphatic hydroxyl groups is 1. The van der Waals surface area contributed by atoms with E-state index in [1.807, 2.05) is 0 Å². The molecule has 2 nitrogen and oxygen atoms in total. The average Bonchev–Trinajstić information content (AvgIpc) is 2.21. The van der Waals surface area contributed by atoms with E-state index in [1.165, 1.54) is 0 Å². The van der Waals surface area contributed by atoms with Crippen molar-refractivity contribution in [1.29, 1.82) is 0 Å². The molecule has 1 rings (SSSR count). The minimum atomic E-state index is -4.97. The Labute approximate surface area is 116 Å². The summed E-state index contributed by atoms with van der Waals surface area (Å²) in [6.45, 7) is 0. The van der Waals surface area contributed by atoms with E-state index < -0.39 is 34.7 Å². The van der Waals surface area contributed by atoms with Crippen LogP contribution in [-0.2, 0) is 0 Å². The van der Waals surface area contributed by atoms with Crippen molar-refractivity contribution < 1.29 is 22.7 Å². The van der Waals surface area contributed by atoms with Crippen molar-refractivity contribution in [3.63, 3.8) is 0 Å². The van der Waals surface area contributed by atoms with Gasteiger partial charge < -0.3 is 10.8 Å². The maximum absolute atomic E-state index is 13.3. The Morgan fingerprint density at radius 3 is 2.17 bits per heavy atom. The zero-order valence-corrected chi connectivity index (χ0v) is 10.8. The molecule has 0 fully saturated rings. The number of nitrogens with two attached hydrogens (primary N) is 1. The number of hydrogen-bond acceptors (Lipinski definition) is 2. The van der Waals surface area contributed by atoms with Crippen LogP contribution in [0.4, 0.5) is 17.6 Å². The van der Waals surface area contributed by atoms with E-state index in [2.05, 4.69) is 0 Å². The van der Waals surface area contributed by atoms with Crippen LogP contribution in [0, 0.1) is 5.82 Å². The van der Waals surface area contributed by atoms with Crippen LogP contribution in [0.2, 0.25) is 10.0 Å². The van der Waals surface area contributed by atoms with Crippen LogP contribution in [0.25, 0.3) is 0 Å². The molecule has 0 spiro atoms. The summed E-state index contributed by atoms with van der Waals surface area (Å²) in [5, 5.41) is 8.34. The van der Waals surface area contributed by atoms with Gasteiger partial charge in [-0.25, -0.2) is 4.39 Å². The van der Waals surface area contributed by atoms with Gasteiger partial charge in [0, 0.05) is 5.56 Å². The Morgan fingerprint density at radius 2 is 1.72 bits per heavy atom. The first-order valence-corrected chi connectivity index (χ1v) is 5.05. The molecule has 2 atom stereocenters. The van der Waals surface area contributed by atoms with E-state index in [9.17, 15) is 17.6 Å². The molecule has 1 aromatic carbocycles. The van der Waals surface area contributed by atoms with E-state index >= 15 is 0 Å². The highest BCUT2D eigenvalue weighted by molar-refractivity contribution is 6.42. The van der Waals surface area contributed by atoms with Crippen molar-refractivity contribution in [3.8, 4) is 0 Å². The van der Waals surface area contributed by atoms with Crippen LogP contribution in [0.5, 0.6) is 0 Å². The summed E-state index contributed by atoms with van der Waals surface area (Å²) >= 11 is 11.1. The number of aliphatic hydroxyl groups excluding tert-OH is 1. The van der Waals surface area contributed by atoms with Crippen LogP contribution in [-0.4, -0.2) is 17.4 Å². The smallest absolute Gasteiger partial charge is 0.382 e. The molecule has 0 bridgehead atoms. The summed E-state index contributed by atoms with van der Waals surface area (Å²) in [6.07, 6.45) is -7.90. The molecule has 0 amide bonds. The highest BCUT2D eigenvalue weighted by Gasteiger charge is 2.44. The molecule has 1 aromatic rings. The lowest BCUT2D eigenvalue weighted by Gasteiger charge is -2.23. The predicted molar refractivity (Wildman–Crippen MR) is 62.7 cm³/mol. The fraction of sp³-hybridized carbons (Fsp3) is 0.333. The van der Waals surface area contributed by atoms with Crippen molar-refractivity contribution >= 4 is 35.6 Å². The highest BCUT2D eigenvalue weighted by Crippen LogP contribution is 2.36. The Kier molecular flexibility index (Phi) is 6.16. The molecule has 9 heteroatoms. The van der Waals surface area contributed by atoms with Gasteiger partial charge in [-0.3, -0.25) is 0 Å². The molecule has 0 saturated heterocycles. The fourth-order valence-corrected chi connectivity index (χ4v) is 1.65. The van der Waals surface area contributed by atoms with Crippen molar-refractivity contribution in [1.82, 2.24) is 0 Å². The van der Waals surface area contributed by atoms with E-state index in [0.717, 1.165) is 12.1 Å². The van der Waals surface area contributed by atoms with Crippen molar-refractivity contribution in [2.24, 2.45) is 5.73 Å². The molecule has 0 saturated carbocycles. The van der Waals surface area contributed by atoms with Gasteiger partial charge in [0.1, 0.15) is 5.82 Å². The Balaban J connectivity index is 0.00000289. The first-order valence-electron chi connectivity index (χ1n) is 4.30. The quantitative estimate of drug-likeness (QED) is 0.645. The number of benzene rings is 1. The highest BCUT2D eigenvalue weighted by atomic mass is 35.5. The molecular weight excluding hydrogens is 320 g/mol. The van der Waals surface area contributed by atoms with Gasteiger partial charge in [-0.1, -0.05) is 23.2 Å². The second kappa shape index (κ2) is 6.25. The monoisotopic (exact) mass is 327 g/mol. The van der Waals surface area contributed by atoms with Gasteiger partial charge in [0.25, 0.3) is 0 Å². The zero-order valence-electron chi connectivity index (χ0n) is 8.51. The lowest BCUT2D eigenvalue weighted by Crippen LogP contribution is -2.39. The lowest BCUT2D eigenvalue weighted by atomic mass is 10.0. The SMILES string of the molecule is Cl.N[C@H](c1c(F)ccc(Cl)c1Cl)[C@@H](O)C(F)(F)F. The van der Waals surface area contributed by atoms with Crippen molar-refractivity contribution in [2.45, 2.75) is 18.3 Å². The largest absolute Gasteiger partial charge is 0.416 e. The molecule has 0 heterocycles. The van der Waals surface area contributed by atoms with Gasteiger partial charge in [0.05, 0.1) is 16.1 Å². The van der Waals surface area contributed by atoms with Gasteiger partial charge in [-0.05, 0) is 12.1 Å². The fourth-order valence-electron chi connectivity index (χ4n) is 1.21. The molecule has 3 N–H and O–H groups in total. The van der Waals surface area contributed by atoms with Crippen LogP contribution >= 0.6 is 35.6 Å². The minimum Gasteiger partial charge on any atom is -0.382 e. The normalized spacial score (nSPS) is 14.9. The molecule has 0 aliphatic rings. The summed E-state index contributed by atoms with van der Waals surface area (Å²) in [5.41, 5.74) is 4.48. The van der Waals surface area contributed by atoms with Crippen LogP contribution in [0.3, 0.4) is 0 Å². The Hall–Kier alpha value is -0.270. The van der Waals surface area contributed by atoms with Gasteiger partial charge in [0.15, 0.2) is 6.10 Å². The molecule has 104 valence electrons. The number of hydrogen-bond donors (Lipinski definition) is 2. The van der Waals surface area contributed by atoms with E-state index in [4.69, 9.17) is 34.0 Å². The van der Waals surface area contributed by atoms with Crippen LogP contribution in [0.15, 0.2) is 12.1 Å². The van der Waals surface area contributed by atoms with Crippen LogP contribution < -0.4 is 5.73 Å².